The normalized spacial score (nSPS) is 25.6. The van der Waals surface area contributed by atoms with Gasteiger partial charge in [0.1, 0.15) is 0 Å². The number of hydrogen-bond acceptors (Lipinski definition) is 1. The van der Waals surface area contributed by atoms with E-state index in [-0.39, 0.29) is 0 Å². The van der Waals surface area contributed by atoms with Crippen LogP contribution in [0.3, 0.4) is 0 Å². The van der Waals surface area contributed by atoms with Gasteiger partial charge in [0, 0.05) is 0 Å². The van der Waals surface area contributed by atoms with Gasteiger partial charge in [0.05, 0.1) is 13.2 Å². The quantitative estimate of drug-likeness (QED) is 0.191. The molecular weight excluding hydrogens is 400 g/mol. The third kappa shape index (κ3) is 10.2. The smallest absolute Gasteiger partial charge is 0.0721 e. The van der Waals surface area contributed by atoms with Crippen LogP contribution in [0.2, 0.25) is 0 Å². The molecule has 0 unspecified atom stereocenters. The second-order valence-corrected chi connectivity index (χ2v) is 11.1. The van der Waals surface area contributed by atoms with E-state index in [0.717, 1.165) is 23.7 Å². The van der Waals surface area contributed by atoms with E-state index < -0.39 is 0 Å². The molecule has 2 aliphatic carbocycles. The van der Waals surface area contributed by atoms with Crippen molar-refractivity contribution in [1.82, 2.24) is 0 Å². The Bertz CT molecular complexity index is 644. The largest absolute Gasteiger partial charge is 0.373 e. The first-order valence-electron chi connectivity index (χ1n) is 14.2. The molecule has 1 aromatic carbocycles. The Morgan fingerprint density at radius 3 is 1.67 bits per heavy atom. The highest BCUT2D eigenvalue weighted by Crippen LogP contribution is 2.36. The van der Waals surface area contributed by atoms with Crippen LogP contribution in [-0.2, 0) is 17.8 Å². The fourth-order valence-corrected chi connectivity index (χ4v) is 6.21. The zero-order chi connectivity index (χ0) is 23.1. The van der Waals surface area contributed by atoms with Crippen molar-refractivity contribution in [3.8, 4) is 0 Å². The SMILES string of the molecule is C=CCOCc1ccc(CCCCC2CCC(CCCC[C@H]3CC[C@H](C=C)CC3)CC2)cc1. The molecule has 0 saturated heterocycles. The van der Waals surface area contributed by atoms with E-state index in [1.807, 2.05) is 0 Å². The number of unbranched alkanes of at least 4 members (excludes halogenated alkanes) is 2. The molecule has 0 atom stereocenters. The van der Waals surface area contributed by atoms with Crippen molar-refractivity contribution in [1.29, 1.82) is 0 Å². The summed E-state index contributed by atoms with van der Waals surface area (Å²) in [6.07, 6.45) is 27.1. The molecule has 0 aromatic heterocycles. The van der Waals surface area contributed by atoms with Crippen LogP contribution < -0.4 is 0 Å². The predicted octanol–water partition coefficient (Wildman–Crippen LogP) is 9.46. The highest BCUT2D eigenvalue weighted by molar-refractivity contribution is 5.22. The summed E-state index contributed by atoms with van der Waals surface area (Å²) in [5.41, 5.74) is 2.73. The van der Waals surface area contributed by atoms with Gasteiger partial charge in [-0.15, -0.1) is 13.2 Å². The Balaban J connectivity index is 1.17. The summed E-state index contributed by atoms with van der Waals surface area (Å²) in [6, 6.07) is 8.99. The number of ether oxygens (including phenoxy) is 1. The highest BCUT2D eigenvalue weighted by atomic mass is 16.5. The zero-order valence-electron chi connectivity index (χ0n) is 21.3. The highest BCUT2D eigenvalue weighted by Gasteiger charge is 2.21. The number of rotatable bonds is 15. The van der Waals surface area contributed by atoms with E-state index in [0.29, 0.717) is 13.2 Å². The van der Waals surface area contributed by atoms with Crippen molar-refractivity contribution in [2.45, 2.75) is 109 Å². The van der Waals surface area contributed by atoms with Gasteiger partial charge in [0.15, 0.2) is 0 Å². The van der Waals surface area contributed by atoms with Crippen LogP contribution in [0.25, 0.3) is 0 Å². The van der Waals surface area contributed by atoms with E-state index in [2.05, 4.69) is 43.5 Å². The van der Waals surface area contributed by atoms with E-state index in [9.17, 15) is 0 Å². The van der Waals surface area contributed by atoms with Gasteiger partial charge in [-0.1, -0.05) is 101 Å². The summed E-state index contributed by atoms with van der Waals surface area (Å²) in [6.45, 7) is 8.99. The van der Waals surface area contributed by atoms with E-state index >= 15 is 0 Å². The van der Waals surface area contributed by atoms with Gasteiger partial charge >= 0.3 is 0 Å². The summed E-state index contributed by atoms with van der Waals surface area (Å²) in [5.74, 6) is 3.87. The lowest BCUT2D eigenvalue weighted by atomic mass is 9.77. The molecule has 3 rings (SSSR count). The molecule has 1 aromatic rings. The van der Waals surface area contributed by atoms with Crippen molar-refractivity contribution >= 4 is 0 Å². The van der Waals surface area contributed by atoms with E-state index in [1.165, 1.54) is 114 Å². The maximum atomic E-state index is 5.52. The van der Waals surface area contributed by atoms with Crippen LogP contribution in [0.4, 0.5) is 0 Å². The topological polar surface area (TPSA) is 9.23 Å². The maximum absolute atomic E-state index is 5.52. The Morgan fingerprint density at radius 2 is 1.15 bits per heavy atom. The molecule has 0 amide bonds. The Morgan fingerprint density at radius 1 is 0.667 bits per heavy atom. The van der Waals surface area contributed by atoms with Gasteiger partial charge in [-0.3, -0.25) is 0 Å². The molecule has 33 heavy (non-hydrogen) atoms. The Kier molecular flexibility index (Phi) is 12.4. The lowest BCUT2D eigenvalue weighted by molar-refractivity contribution is 0.149. The van der Waals surface area contributed by atoms with Gasteiger partial charge in [-0.25, -0.2) is 0 Å². The van der Waals surface area contributed by atoms with Crippen molar-refractivity contribution in [3.05, 3.63) is 60.7 Å². The van der Waals surface area contributed by atoms with Crippen LogP contribution >= 0.6 is 0 Å². The molecule has 0 aliphatic heterocycles. The zero-order valence-corrected chi connectivity index (χ0v) is 21.3. The van der Waals surface area contributed by atoms with Crippen LogP contribution in [0.1, 0.15) is 107 Å². The van der Waals surface area contributed by atoms with Crippen molar-refractivity contribution in [2.24, 2.45) is 23.7 Å². The minimum Gasteiger partial charge on any atom is -0.373 e. The van der Waals surface area contributed by atoms with Gasteiger partial charge < -0.3 is 4.74 Å². The summed E-state index contributed by atoms with van der Waals surface area (Å²) in [5, 5.41) is 0. The number of benzene rings is 1. The first-order chi connectivity index (χ1) is 16.3. The molecule has 1 heteroatoms. The lowest BCUT2D eigenvalue weighted by Gasteiger charge is -2.29. The first-order valence-corrected chi connectivity index (χ1v) is 14.2. The summed E-state index contributed by atoms with van der Waals surface area (Å²) < 4.78 is 5.52. The molecule has 0 N–H and O–H groups in total. The van der Waals surface area contributed by atoms with Crippen molar-refractivity contribution in [3.63, 3.8) is 0 Å². The van der Waals surface area contributed by atoms with Crippen molar-refractivity contribution < 1.29 is 4.74 Å². The molecule has 0 radical (unpaired) electrons. The fraction of sp³-hybridized carbons (Fsp3) is 0.688. The molecule has 2 aliphatic rings. The summed E-state index contributed by atoms with van der Waals surface area (Å²) >= 11 is 0. The fourth-order valence-electron chi connectivity index (χ4n) is 6.21. The molecule has 2 saturated carbocycles. The van der Waals surface area contributed by atoms with E-state index in [4.69, 9.17) is 4.74 Å². The summed E-state index contributed by atoms with van der Waals surface area (Å²) in [4.78, 5) is 0. The van der Waals surface area contributed by atoms with Crippen molar-refractivity contribution in [2.75, 3.05) is 6.61 Å². The molecule has 0 heterocycles. The molecule has 2 fully saturated rings. The van der Waals surface area contributed by atoms with Crippen LogP contribution in [-0.4, -0.2) is 6.61 Å². The van der Waals surface area contributed by atoms with Gasteiger partial charge in [0.25, 0.3) is 0 Å². The number of allylic oxidation sites excluding steroid dienone is 1. The third-order valence-electron chi connectivity index (χ3n) is 8.52. The molecule has 184 valence electrons. The predicted molar refractivity (Wildman–Crippen MR) is 143 cm³/mol. The average Bonchev–Trinajstić information content (AvgIpc) is 2.87. The van der Waals surface area contributed by atoms with Gasteiger partial charge in [-0.05, 0) is 73.3 Å². The van der Waals surface area contributed by atoms with Gasteiger partial charge in [-0.2, -0.15) is 0 Å². The monoisotopic (exact) mass is 450 g/mol. The van der Waals surface area contributed by atoms with E-state index in [1.54, 1.807) is 6.08 Å². The first kappa shape index (κ1) is 26.3. The third-order valence-corrected chi connectivity index (χ3v) is 8.52. The molecular formula is C32H50O. The summed E-state index contributed by atoms with van der Waals surface area (Å²) in [7, 11) is 0. The number of hydrogen-bond donors (Lipinski definition) is 0. The minimum atomic E-state index is 0.626. The maximum Gasteiger partial charge on any atom is 0.0721 e. The van der Waals surface area contributed by atoms with Crippen LogP contribution in [0.5, 0.6) is 0 Å². The average molecular weight is 451 g/mol. The molecule has 0 spiro atoms. The second kappa shape index (κ2) is 15.5. The minimum absolute atomic E-state index is 0.626. The van der Waals surface area contributed by atoms with Crippen LogP contribution in [0.15, 0.2) is 49.6 Å². The second-order valence-electron chi connectivity index (χ2n) is 11.1. The molecule has 0 bridgehead atoms. The Hall–Kier alpha value is -1.34. The van der Waals surface area contributed by atoms with Crippen LogP contribution in [0, 0.1) is 23.7 Å². The Labute approximate surface area is 205 Å². The standard InChI is InChI=1S/C32H50O/c1-3-25-33-26-32-23-21-31(22-24-32)12-8-7-11-30-19-17-29(18-20-30)10-6-5-9-28-15-13-27(4-2)14-16-28/h3-4,21-24,27-30H,1-2,5-20,25-26H2/t27-,28-,29?,30?. The van der Waals surface area contributed by atoms with Gasteiger partial charge in [0.2, 0.25) is 0 Å². The lowest BCUT2D eigenvalue weighted by Crippen LogP contribution is -2.15. The molecule has 1 nitrogen and oxygen atoms in total. The number of aryl methyl sites for hydroxylation is 1.